The Labute approximate surface area is 116 Å². The molecule has 2 rings (SSSR count). The second kappa shape index (κ2) is 4.86. The van der Waals surface area contributed by atoms with Crippen LogP contribution in [0.5, 0.6) is 0 Å². The molecule has 0 bridgehead atoms. The van der Waals surface area contributed by atoms with Crippen LogP contribution >= 0.6 is 15.9 Å². The highest BCUT2D eigenvalue weighted by Gasteiger charge is 2.12. The van der Waals surface area contributed by atoms with Gasteiger partial charge in [0, 0.05) is 16.2 Å². The minimum Gasteiger partial charge on any atom is -0.324 e. The molecule has 0 saturated heterocycles. The summed E-state index contributed by atoms with van der Waals surface area (Å²) in [5.74, 6) is 0. The van der Waals surface area contributed by atoms with Crippen LogP contribution in [0.1, 0.15) is 35.5 Å². The van der Waals surface area contributed by atoms with Crippen molar-refractivity contribution in [2.75, 3.05) is 0 Å². The summed E-state index contributed by atoms with van der Waals surface area (Å²) in [6.45, 7) is 8.19. The molecule has 0 radical (unpaired) electrons. The maximum atomic E-state index is 5.89. The Balaban J connectivity index is 2.54. The van der Waals surface area contributed by atoms with E-state index in [9.17, 15) is 0 Å². The van der Waals surface area contributed by atoms with E-state index in [1.165, 1.54) is 11.3 Å². The molecule has 1 aromatic carbocycles. The van der Waals surface area contributed by atoms with Gasteiger partial charge in [0.25, 0.3) is 0 Å². The van der Waals surface area contributed by atoms with Gasteiger partial charge in [-0.3, -0.25) is 0 Å². The van der Waals surface area contributed by atoms with E-state index in [4.69, 9.17) is 5.73 Å². The smallest absolute Gasteiger partial charge is 0.0791 e. The zero-order valence-corrected chi connectivity index (χ0v) is 12.7. The average Bonchev–Trinajstić information content (AvgIpc) is 2.57. The number of nitrogens with two attached hydrogens (primary N) is 1. The Morgan fingerprint density at radius 1 is 1.28 bits per heavy atom. The van der Waals surface area contributed by atoms with Crippen LogP contribution in [0.15, 0.2) is 22.7 Å². The number of rotatable bonds is 2. The fourth-order valence-electron chi connectivity index (χ4n) is 1.93. The van der Waals surface area contributed by atoms with Crippen molar-refractivity contribution in [2.24, 2.45) is 5.73 Å². The van der Waals surface area contributed by atoms with Gasteiger partial charge in [-0.25, -0.2) is 4.68 Å². The summed E-state index contributed by atoms with van der Waals surface area (Å²) in [6.07, 6.45) is 0. The Morgan fingerprint density at radius 2 is 1.94 bits per heavy atom. The van der Waals surface area contributed by atoms with Crippen molar-refractivity contribution >= 4 is 15.9 Å². The van der Waals surface area contributed by atoms with Gasteiger partial charge in [-0.15, -0.1) is 0 Å². The lowest BCUT2D eigenvalue weighted by Gasteiger charge is -2.11. The molecule has 4 heteroatoms. The number of nitrogens with zero attached hydrogens (tertiary/aromatic N) is 2. The number of hydrogen-bond donors (Lipinski definition) is 1. The van der Waals surface area contributed by atoms with E-state index in [0.717, 1.165) is 21.4 Å². The molecular formula is C14H18BrN3. The van der Waals surface area contributed by atoms with E-state index >= 15 is 0 Å². The third-order valence-corrected chi connectivity index (χ3v) is 4.01. The first-order chi connectivity index (χ1) is 8.41. The second-order valence-electron chi connectivity index (χ2n) is 4.71. The Morgan fingerprint density at radius 3 is 2.39 bits per heavy atom. The second-order valence-corrected chi connectivity index (χ2v) is 5.56. The summed E-state index contributed by atoms with van der Waals surface area (Å²) in [6, 6.07) is 6.21. The van der Waals surface area contributed by atoms with Crippen LogP contribution in [0.3, 0.4) is 0 Å². The van der Waals surface area contributed by atoms with Crippen LogP contribution in [-0.2, 0) is 0 Å². The topological polar surface area (TPSA) is 43.8 Å². The van der Waals surface area contributed by atoms with Gasteiger partial charge in [-0.05, 0) is 66.9 Å². The first-order valence-corrected chi connectivity index (χ1v) is 6.79. The van der Waals surface area contributed by atoms with Crippen molar-refractivity contribution in [3.8, 4) is 5.69 Å². The van der Waals surface area contributed by atoms with Gasteiger partial charge < -0.3 is 5.73 Å². The van der Waals surface area contributed by atoms with Crippen molar-refractivity contribution in [1.29, 1.82) is 0 Å². The molecule has 2 aromatic rings. The van der Waals surface area contributed by atoms with E-state index in [1.54, 1.807) is 0 Å². The molecule has 3 nitrogen and oxygen atoms in total. The molecule has 0 fully saturated rings. The molecule has 1 aromatic heterocycles. The molecule has 0 aliphatic rings. The summed E-state index contributed by atoms with van der Waals surface area (Å²) in [5.41, 5.74) is 11.5. The van der Waals surface area contributed by atoms with Crippen molar-refractivity contribution in [1.82, 2.24) is 9.78 Å². The molecular weight excluding hydrogens is 290 g/mol. The number of aromatic nitrogens is 2. The minimum atomic E-state index is 0.0394. The Hall–Kier alpha value is -1.13. The molecule has 18 heavy (non-hydrogen) atoms. The highest BCUT2D eigenvalue weighted by molar-refractivity contribution is 9.10. The summed E-state index contributed by atoms with van der Waals surface area (Å²) in [4.78, 5) is 0. The van der Waals surface area contributed by atoms with Gasteiger partial charge in [0.1, 0.15) is 0 Å². The van der Waals surface area contributed by atoms with Crippen LogP contribution in [0, 0.1) is 20.8 Å². The molecule has 0 spiro atoms. The van der Waals surface area contributed by atoms with E-state index < -0.39 is 0 Å². The molecule has 1 heterocycles. The van der Waals surface area contributed by atoms with Gasteiger partial charge in [-0.2, -0.15) is 5.10 Å². The van der Waals surface area contributed by atoms with Crippen molar-refractivity contribution in [3.05, 3.63) is 45.2 Å². The van der Waals surface area contributed by atoms with E-state index in [1.807, 2.05) is 18.5 Å². The number of halogens is 1. The molecule has 96 valence electrons. The zero-order chi connectivity index (χ0) is 13.4. The third kappa shape index (κ3) is 2.22. The predicted molar refractivity (Wildman–Crippen MR) is 78.1 cm³/mol. The van der Waals surface area contributed by atoms with Crippen LogP contribution in [0.2, 0.25) is 0 Å². The zero-order valence-electron chi connectivity index (χ0n) is 11.2. The summed E-state index contributed by atoms with van der Waals surface area (Å²) in [7, 11) is 0. The fraction of sp³-hybridized carbons (Fsp3) is 0.357. The lowest BCUT2D eigenvalue weighted by molar-refractivity contribution is 0.805. The molecule has 0 amide bonds. The van der Waals surface area contributed by atoms with Crippen LogP contribution in [-0.4, -0.2) is 9.78 Å². The van der Waals surface area contributed by atoms with E-state index in [2.05, 4.69) is 53.1 Å². The quantitative estimate of drug-likeness (QED) is 0.921. The summed E-state index contributed by atoms with van der Waals surface area (Å²) < 4.78 is 2.99. The van der Waals surface area contributed by atoms with Gasteiger partial charge >= 0.3 is 0 Å². The largest absolute Gasteiger partial charge is 0.324 e. The van der Waals surface area contributed by atoms with Crippen LogP contribution in [0.25, 0.3) is 5.69 Å². The maximum Gasteiger partial charge on any atom is 0.0791 e. The summed E-state index contributed by atoms with van der Waals surface area (Å²) >= 11 is 3.60. The molecule has 0 saturated carbocycles. The average molecular weight is 308 g/mol. The first kappa shape index (κ1) is 13.3. The van der Waals surface area contributed by atoms with Gasteiger partial charge in [0.2, 0.25) is 0 Å². The lowest BCUT2D eigenvalue weighted by Crippen LogP contribution is -2.06. The monoisotopic (exact) mass is 307 g/mol. The van der Waals surface area contributed by atoms with Crippen molar-refractivity contribution in [3.63, 3.8) is 0 Å². The van der Waals surface area contributed by atoms with Crippen LogP contribution < -0.4 is 5.73 Å². The molecule has 1 atom stereocenters. The van der Waals surface area contributed by atoms with Crippen molar-refractivity contribution < 1.29 is 0 Å². The third-order valence-electron chi connectivity index (χ3n) is 3.38. The van der Waals surface area contributed by atoms with Gasteiger partial charge in [0.15, 0.2) is 0 Å². The molecule has 0 aliphatic heterocycles. The van der Waals surface area contributed by atoms with E-state index in [0.29, 0.717) is 0 Å². The van der Waals surface area contributed by atoms with Gasteiger partial charge in [-0.1, -0.05) is 6.07 Å². The van der Waals surface area contributed by atoms with E-state index in [-0.39, 0.29) is 6.04 Å². The fourth-order valence-corrected chi connectivity index (χ4v) is 2.50. The molecule has 0 aliphatic carbocycles. The highest BCUT2D eigenvalue weighted by Crippen LogP contribution is 2.26. The molecule has 0 unspecified atom stereocenters. The highest BCUT2D eigenvalue weighted by atomic mass is 79.9. The summed E-state index contributed by atoms with van der Waals surface area (Å²) in [5, 5.41) is 4.57. The number of benzene rings is 1. The standard InChI is InChI=1S/C14H18BrN3/c1-8-10(3)17-18(11(8)4)14-6-5-12(9(2)16)7-13(14)15/h5-7,9H,16H2,1-4H3/t9-/m0/s1. The maximum absolute atomic E-state index is 5.89. The Kier molecular flexibility index (Phi) is 3.59. The molecule has 2 N–H and O–H groups in total. The normalized spacial score (nSPS) is 12.8. The lowest BCUT2D eigenvalue weighted by atomic mass is 10.1. The number of aryl methyl sites for hydroxylation is 1. The predicted octanol–water partition coefficient (Wildman–Crippen LogP) is 3.58. The minimum absolute atomic E-state index is 0.0394. The Bertz CT molecular complexity index is 585. The van der Waals surface area contributed by atoms with Gasteiger partial charge in [0.05, 0.1) is 11.4 Å². The van der Waals surface area contributed by atoms with Crippen molar-refractivity contribution in [2.45, 2.75) is 33.7 Å². The number of hydrogen-bond acceptors (Lipinski definition) is 2. The van der Waals surface area contributed by atoms with Crippen LogP contribution in [0.4, 0.5) is 0 Å². The SMILES string of the molecule is Cc1nn(-c2ccc([C@H](C)N)cc2Br)c(C)c1C. The first-order valence-electron chi connectivity index (χ1n) is 6.00.